The Morgan fingerprint density at radius 1 is 1.27 bits per heavy atom. The quantitative estimate of drug-likeness (QED) is 0.749. The number of benzene rings is 1. The van der Waals surface area contributed by atoms with Crippen LogP contribution in [0.1, 0.15) is 11.3 Å². The number of hydrogen-bond acceptors (Lipinski definition) is 2. The fourth-order valence-corrected chi connectivity index (χ4v) is 1.90. The summed E-state index contributed by atoms with van der Waals surface area (Å²) >= 11 is 12.1. The molecule has 0 spiro atoms. The van der Waals surface area contributed by atoms with E-state index in [1.807, 2.05) is 6.92 Å². The Hall–Kier alpha value is -0.990. The normalized spacial score (nSPS) is 10.7. The minimum Gasteiger partial charge on any atom is -0.360 e. The van der Waals surface area contributed by atoms with Gasteiger partial charge >= 0.3 is 0 Å². The highest BCUT2D eigenvalue weighted by Gasteiger charge is 2.16. The first-order chi connectivity index (χ1) is 7.11. The SMILES string of the molecule is [CH2]c1onc(-c2c(Cl)cccc2Cl)c1C. The van der Waals surface area contributed by atoms with Gasteiger partial charge in [0.05, 0.1) is 10.0 Å². The van der Waals surface area contributed by atoms with Gasteiger partial charge < -0.3 is 4.52 Å². The fourth-order valence-electron chi connectivity index (χ4n) is 1.33. The summed E-state index contributed by atoms with van der Waals surface area (Å²) in [6, 6.07) is 5.31. The number of halogens is 2. The van der Waals surface area contributed by atoms with Gasteiger partial charge in [-0.05, 0) is 19.1 Å². The van der Waals surface area contributed by atoms with E-state index in [0.717, 1.165) is 5.56 Å². The van der Waals surface area contributed by atoms with Gasteiger partial charge in [0.2, 0.25) is 0 Å². The summed E-state index contributed by atoms with van der Waals surface area (Å²) in [6.07, 6.45) is 0. The average Bonchev–Trinajstić information content (AvgIpc) is 2.49. The third-order valence-corrected chi connectivity index (χ3v) is 2.85. The molecule has 2 nitrogen and oxygen atoms in total. The highest BCUT2D eigenvalue weighted by atomic mass is 35.5. The monoisotopic (exact) mass is 240 g/mol. The Kier molecular flexibility index (Phi) is 2.72. The van der Waals surface area contributed by atoms with Gasteiger partial charge in [-0.3, -0.25) is 0 Å². The lowest BCUT2D eigenvalue weighted by Gasteiger charge is -2.03. The molecule has 0 atom stereocenters. The lowest BCUT2D eigenvalue weighted by molar-refractivity contribution is 0.408. The van der Waals surface area contributed by atoms with Crippen LogP contribution in [0.4, 0.5) is 0 Å². The van der Waals surface area contributed by atoms with Crippen LogP contribution in [0, 0.1) is 13.8 Å². The molecule has 0 aliphatic rings. The van der Waals surface area contributed by atoms with Gasteiger partial charge in [0.15, 0.2) is 0 Å². The Morgan fingerprint density at radius 2 is 1.87 bits per heavy atom. The molecule has 0 bridgehead atoms. The molecule has 1 radical (unpaired) electrons. The summed E-state index contributed by atoms with van der Waals surface area (Å²) in [7, 11) is 0. The average molecular weight is 241 g/mol. The van der Waals surface area contributed by atoms with Gasteiger partial charge in [-0.25, -0.2) is 0 Å². The predicted molar refractivity (Wildman–Crippen MR) is 61.2 cm³/mol. The molecular weight excluding hydrogens is 233 g/mol. The summed E-state index contributed by atoms with van der Waals surface area (Å²) in [5.74, 6) is 0.529. The molecule has 2 aromatic rings. The van der Waals surface area contributed by atoms with Crippen LogP contribution in [0.5, 0.6) is 0 Å². The van der Waals surface area contributed by atoms with Crippen LogP contribution in [0.25, 0.3) is 11.3 Å². The molecule has 2 rings (SSSR count). The summed E-state index contributed by atoms with van der Waals surface area (Å²) < 4.78 is 4.98. The van der Waals surface area contributed by atoms with Crippen LogP contribution in [-0.2, 0) is 0 Å². The zero-order valence-electron chi connectivity index (χ0n) is 8.05. The minimum atomic E-state index is 0.529. The molecule has 0 saturated heterocycles. The van der Waals surface area contributed by atoms with Crippen molar-refractivity contribution in [3.63, 3.8) is 0 Å². The van der Waals surface area contributed by atoms with E-state index in [-0.39, 0.29) is 0 Å². The molecular formula is C11H8Cl2NO. The summed E-state index contributed by atoms with van der Waals surface area (Å²) in [6.45, 7) is 5.58. The molecule has 0 saturated carbocycles. The van der Waals surface area contributed by atoms with Gasteiger partial charge in [0.1, 0.15) is 11.5 Å². The van der Waals surface area contributed by atoms with E-state index in [2.05, 4.69) is 12.1 Å². The molecule has 0 aliphatic heterocycles. The summed E-state index contributed by atoms with van der Waals surface area (Å²) in [5, 5.41) is 5.01. The maximum atomic E-state index is 6.06. The third-order valence-electron chi connectivity index (χ3n) is 2.22. The van der Waals surface area contributed by atoms with Crippen molar-refractivity contribution in [1.82, 2.24) is 5.16 Å². The molecule has 0 unspecified atom stereocenters. The Morgan fingerprint density at radius 3 is 2.33 bits per heavy atom. The Balaban J connectivity index is 2.69. The maximum Gasteiger partial charge on any atom is 0.140 e. The molecule has 1 aromatic carbocycles. The van der Waals surface area contributed by atoms with Gasteiger partial charge in [0.25, 0.3) is 0 Å². The van der Waals surface area contributed by atoms with Crippen LogP contribution in [-0.4, -0.2) is 5.16 Å². The molecule has 4 heteroatoms. The maximum absolute atomic E-state index is 6.06. The summed E-state index contributed by atoms with van der Waals surface area (Å²) in [5.41, 5.74) is 2.19. The van der Waals surface area contributed by atoms with Crippen molar-refractivity contribution in [1.29, 1.82) is 0 Å². The highest BCUT2D eigenvalue weighted by molar-refractivity contribution is 6.39. The van der Waals surface area contributed by atoms with Crippen LogP contribution >= 0.6 is 23.2 Å². The van der Waals surface area contributed by atoms with Crippen LogP contribution < -0.4 is 0 Å². The van der Waals surface area contributed by atoms with E-state index in [0.29, 0.717) is 27.1 Å². The lowest BCUT2D eigenvalue weighted by atomic mass is 10.1. The zero-order chi connectivity index (χ0) is 11.0. The van der Waals surface area contributed by atoms with E-state index in [4.69, 9.17) is 27.7 Å². The number of hydrogen-bond donors (Lipinski definition) is 0. The smallest absolute Gasteiger partial charge is 0.140 e. The lowest BCUT2D eigenvalue weighted by Crippen LogP contribution is -1.84. The fraction of sp³-hybridized carbons (Fsp3) is 0.0909. The van der Waals surface area contributed by atoms with Crippen LogP contribution in [0.15, 0.2) is 22.7 Å². The van der Waals surface area contributed by atoms with Crippen molar-refractivity contribution >= 4 is 23.2 Å². The van der Waals surface area contributed by atoms with Gasteiger partial charge in [-0.2, -0.15) is 0 Å². The van der Waals surface area contributed by atoms with E-state index < -0.39 is 0 Å². The van der Waals surface area contributed by atoms with Crippen molar-refractivity contribution in [3.05, 3.63) is 46.5 Å². The molecule has 1 heterocycles. The largest absolute Gasteiger partial charge is 0.360 e. The number of nitrogens with zero attached hydrogens (tertiary/aromatic N) is 1. The first kappa shape index (κ1) is 10.5. The molecule has 77 valence electrons. The second kappa shape index (κ2) is 3.87. The van der Waals surface area contributed by atoms with E-state index in [1.165, 1.54) is 0 Å². The molecule has 0 amide bonds. The highest BCUT2D eigenvalue weighted by Crippen LogP contribution is 2.36. The Labute approximate surface area is 97.8 Å². The Bertz CT molecular complexity index is 485. The topological polar surface area (TPSA) is 26.0 Å². The minimum absolute atomic E-state index is 0.529. The molecule has 0 aliphatic carbocycles. The second-order valence-electron chi connectivity index (χ2n) is 3.18. The molecule has 15 heavy (non-hydrogen) atoms. The van der Waals surface area contributed by atoms with Crippen LogP contribution in [0.2, 0.25) is 10.0 Å². The summed E-state index contributed by atoms with van der Waals surface area (Å²) in [4.78, 5) is 0. The van der Waals surface area contributed by atoms with Crippen molar-refractivity contribution in [2.24, 2.45) is 0 Å². The van der Waals surface area contributed by atoms with Gasteiger partial charge in [-0.1, -0.05) is 34.4 Å². The van der Waals surface area contributed by atoms with Crippen LogP contribution in [0.3, 0.4) is 0 Å². The number of rotatable bonds is 1. The van der Waals surface area contributed by atoms with Gasteiger partial charge in [0, 0.05) is 18.1 Å². The van der Waals surface area contributed by atoms with Crippen molar-refractivity contribution in [2.75, 3.05) is 0 Å². The van der Waals surface area contributed by atoms with Crippen molar-refractivity contribution < 1.29 is 4.52 Å². The predicted octanol–water partition coefficient (Wildman–Crippen LogP) is 4.14. The number of aromatic nitrogens is 1. The zero-order valence-corrected chi connectivity index (χ0v) is 9.56. The standard InChI is InChI=1S/C11H8Cl2NO/c1-6-7(2)15-14-11(6)10-8(12)4-3-5-9(10)13/h3-5H,2H2,1H3. The molecule has 0 N–H and O–H groups in total. The van der Waals surface area contributed by atoms with E-state index in [9.17, 15) is 0 Å². The second-order valence-corrected chi connectivity index (χ2v) is 3.99. The van der Waals surface area contributed by atoms with E-state index >= 15 is 0 Å². The van der Waals surface area contributed by atoms with E-state index in [1.54, 1.807) is 18.2 Å². The third kappa shape index (κ3) is 1.75. The first-order valence-corrected chi connectivity index (χ1v) is 5.09. The molecule has 1 aromatic heterocycles. The first-order valence-electron chi connectivity index (χ1n) is 4.34. The molecule has 0 fully saturated rings. The van der Waals surface area contributed by atoms with Crippen molar-refractivity contribution in [3.8, 4) is 11.3 Å². The van der Waals surface area contributed by atoms with Crippen molar-refractivity contribution in [2.45, 2.75) is 6.92 Å². The van der Waals surface area contributed by atoms with Gasteiger partial charge in [-0.15, -0.1) is 0 Å².